The van der Waals surface area contributed by atoms with Crippen LogP contribution in [-0.2, 0) is 6.18 Å². The van der Waals surface area contributed by atoms with Gasteiger partial charge in [-0.25, -0.2) is 18.6 Å². The Morgan fingerprint density at radius 3 is 2.29 bits per heavy atom. The third-order valence-electron chi connectivity index (χ3n) is 1.77. The first kappa shape index (κ1) is 13.8. The van der Waals surface area contributed by atoms with E-state index >= 15 is 0 Å². The van der Waals surface area contributed by atoms with Gasteiger partial charge in [-0.3, -0.25) is 0 Å². The van der Waals surface area contributed by atoms with Gasteiger partial charge < -0.3 is 5.11 Å². The Hall–Kier alpha value is -1.25. The van der Waals surface area contributed by atoms with E-state index in [1.54, 1.807) is 0 Å². The minimum Gasteiger partial charge on any atom is -0.478 e. The summed E-state index contributed by atoms with van der Waals surface area (Å²) >= 11 is 2.54. The predicted octanol–water partition coefficient (Wildman–Crippen LogP) is 3.50. The van der Waals surface area contributed by atoms with Crippen molar-refractivity contribution in [3.63, 3.8) is 0 Å². The molecular weight excluding hydrogens is 317 g/mol. The Labute approximate surface area is 99.4 Å². The smallest absolute Gasteiger partial charge is 0.434 e. The number of alkyl halides is 5. The van der Waals surface area contributed by atoms with Crippen LogP contribution in [0.2, 0.25) is 0 Å². The molecule has 0 atom stereocenters. The maximum Gasteiger partial charge on any atom is 0.434 e. The van der Waals surface area contributed by atoms with Gasteiger partial charge in [0.25, 0.3) is 6.43 Å². The van der Waals surface area contributed by atoms with Crippen molar-refractivity contribution in [2.45, 2.75) is 12.6 Å². The summed E-state index contributed by atoms with van der Waals surface area (Å²) in [6, 6.07) is 0. The molecule has 0 aliphatic heterocycles. The van der Waals surface area contributed by atoms with Gasteiger partial charge in [0.2, 0.25) is 0 Å². The molecule has 0 spiro atoms. The van der Waals surface area contributed by atoms with Crippen molar-refractivity contribution in [2.24, 2.45) is 0 Å². The summed E-state index contributed by atoms with van der Waals surface area (Å²) in [6.45, 7) is 0. The number of hydrogen-bond donors (Lipinski definition) is 1. The molecule has 0 aliphatic rings. The summed E-state index contributed by atoms with van der Waals surface area (Å²) in [5.74, 6) is -2.11. The van der Waals surface area contributed by atoms with Crippen molar-refractivity contribution < 1.29 is 31.9 Å². The first-order chi connectivity index (χ1) is 7.66. The summed E-state index contributed by atoms with van der Waals surface area (Å²) in [4.78, 5) is 13.5. The Morgan fingerprint density at radius 2 is 1.94 bits per heavy atom. The average molecular weight is 320 g/mol. The summed E-state index contributed by atoms with van der Waals surface area (Å²) in [5, 5.41) is 8.59. The van der Waals surface area contributed by atoms with Gasteiger partial charge in [-0.1, -0.05) is 0 Å². The highest BCUT2D eigenvalue weighted by Gasteiger charge is 2.40. The van der Waals surface area contributed by atoms with Gasteiger partial charge in [0.05, 0.1) is 5.56 Å². The van der Waals surface area contributed by atoms with E-state index < -0.39 is 39.9 Å². The molecule has 3 nitrogen and oxygen atoms in total. The molecule has 94 valence electrons. The van der Waals surface area contributed by atoms with E-state index in [0.717, 1.165) is 0 Å². The molecule has 0 saturated heterocycles. The van der Waals surface area contributed by atoms with Gasteiger partial charge in [0.1, 0.15) is 5.56 Å². The molecule has 1 N–H and O–H groups in total. The number of halogens is 6. The Kier molecular flexibility index (Phi) is 3.70. The molecule has 1 heterocycles. The minimum atomic E-state index is -5.11. The number of pyridine rings is 1. The van der Waals surface area contributed by atoms with Crippen LogP contribution in [0.1, 0.15) is 28.0 Å². The van der Waals surface area contributed by atoms with Crippen molar-refractivity contribution in [3.8, 4) is 0 Å². The van der Waals surface area contributed by atoms with E-state index in [1.807, 2.05) is 0 Å². The topological polar surface area (TPSA) is 50.2 Å². The normalized spacial score (nSPS) is 11.9. The molecule has 1 rings (SSSR count). The van der Waals surface area contributed by atoms with Crippen LogP contribution >= 0.6 is 15.9 Å². The Bertz CT molecular complexity index is 460. The van der Waals surface area contributed by atoms with E-state index in [9.17, 15) is 26.7 Å². The van der Waals surface area contributed by atoms with Crippen molar-refractivity contribution in [3.05, 3.63) is 27.5 Å². The van der Waals surface area contributed by atoms with Crippen LogP contribution in [0.3, 0.4) is 0 Å². The zero-order valence-electron chi connectivity index (χ0n) is 7.73. The molecule has 1 aromatic rings. The quantitative estimate of drug-likeness (QED) is 0.849. The van der Waals surface area contributed by atoms with Gasteiger partial charge in [0, 0.05) is 10.7 Å². The van der Waals surface area contributed by atoms with Crippen LogP contribution in [0, 0.1) is 0 Å². The predicted molar refractivity (Wildman–Crippen MR) is 48.9 cm³/mol. The molecular formula is C8H3BrF5NO2. The molecule has 1 aromatic heterocycles. The van der Waals surface area contributed by atoms with Gasteiger partial charge in [-0.15, -0.1) is 0 Å². The van der Waals surface area contributed by atoms with E-state index in [-0.39, 0.29) is 0 Å². The van der Waals surface area contributed by atoms with Crippen LogP contribution in [0.5, 0.6) is 0 Å². The van der Waals surface area contributed by atoms with Gasteiger partial charge in [0.15, 0.2) is 5.69 Å². The molecule has 0 fully saturated rings. The molecule has 0 radical (unpaired) electrons. The standard InChI is InChI=1S/C8H3BrF5NO2/c9-2-1-15-5(8(12,13)14)4(7(16)17)3(2)6(10)11/h1,6H,(H,16,17). The molecule has 0 aliphatic carbocycles. The zero-order chi connectivity index (χ0) is 13.4. The van der Waals surface area contributed by atoms with Crippen molar-refractivity contribution in [1.29, 1.82) is 0 Å². The van der Waals surface area contributed by atoms with Crippen LogP contribution < -0.4 is 0 Å². The van der Waals surface area contributed by atoms with Crippen molar-refractivity contribution in [1.82, 2.24) is 4.98 Å². The van der Waals surface area contributed by atoms with Gasteiger partial charge >= 0.3 is 12.1 Å². The third-order valence-corrected chi connectivity index (χ3v) is 2.40. The number of carboxylic acids is 1. The first-order valence-electron chi connectivity index (χ1n) is 3.93. The maximum absolute atomic E-state index is 12.5. The van der Waals surface area contributed by atoms with E-state index in [4.69, 9.17) is 5.11 Å². The second kappa shape index (κ2) is 4.55. The fraction of sp³-hybridized carbons (Fsp3) is 0.250. The molecule has 9 heteroatoms. The first-order valence-corrected chi connectivity index (χ1v) is 4.72. The van der Waals surface area contributed by atoms with Crippen molar-refractivity contribution in [2.75, 3.05) is 0 Å². The monoisotopic (exact) mass is 319 g/mol. The number of nitrogens with zero attached hydrogens (tertiary/aromatic N) is 1. The third kappa shape index (κ3) is 2.71. The lowest BCUT2D eigenvalue weighted by Gasteiger charge is -2.13. The minimum absolute atomic E-state index is 0.488. The van der Waals surface area contributed by atoms with E-state index in [2.05, 4.69) is 20.9 Å². The lowest BCUT2D eigenvalue weighted by molar-refractivity contribution is -0.141. The van der Waals surface area contributed by atoms with Crippen LogP contribution in [0.25, 0.3) is 0 Å². The number of aromatic carboxylic acids is 1. The maximum atomic E-state index is 12.5. The molecule has 0 bridgehead atoms. The summed E-state index contributed by atoms with van der Waals surface area (Å²) in [6.07, 6.45) is -7.98. The average Bonchev–Trinajstić information content (AvgIpc) is 2.14. The fourth-order valence-electron chi connectivity index (χ4n) is 1.15. The zero-order valence-corrected chi connectivity index (χ0v) is 9.31. The summed E-state index contributed by atoms with van der Waals surface area (Å²) < 4.78 is 61.8. The molecule has 17 heavy (non-hydrogen) atoms. The van der Waals surface area contributed by atoms with Crippen LogP contribution in [0.15, 0.2) is 10.7 Å². The second-order valence-electron chi connectivity index (χ2n) is 2.85. The number of carboxylic acid groups (broad SMARTS) is 1. The van der Waals surface area contributed by atoms with E-state index in [1.165, 1.54) is 0 Å². The second-order valence-corrected chi connectivity index (χ2v) is 3.70. The Balaban J connectivity index is 3.66. The largest absolute Gasteiger partial charge is 0.478 e. The molecule has 0 amide bonds. The van der Waals surface area contributed by atoms with E-state index in [0.29, 0.717) is 6.20 Å². The number of carbonyl (C=O) groups is 1. The molecule has 0 saturated carbocycles. The Morgan fingerprint density at radius 1 is 1.41 bits per heavy atom. The van der Waals surface area contributed by atoms with Gasteiger partial charge in [-0.05, 0) is 15.9 Å². The van der Waals surface area contributed by atoms with Crippen LogP contribution in [-0.4, -0.2) is 16.1 Å². The fourth-order valence-corrected chi connectivity index (χ4v) is 1.62. The lowest BCUT2D eigenvalue weighted by atomic mass is 10.1. The highest BCUT2D eigenvalue weighted by atomic mass is 79.9. The highest BCUT2D eigenvalue weighted by Crippen LogP contribution is 2.37. The number of hydrogen-bond acceptors (Lipinski definition) is 2. The van der Waals surface area contributed by atoms with Crippen LogP contribution in [0.4, 0.5) is 22.0 Å². The summed E-state index contributed by atoms with van der Waals surface area (Å²) in [7, 11) is 0. The summed E-state index contributed by atoms with van der Waals surface area (Å²) in [5.41, 5.74) is -4.62. The number of rotatable bonds is 2. The molecule has 0 aromatic carbocycles. The van der Waals surface area contributed by atoms with Crippen molar-refractivity contribution >= 4 is 21.9 Å². The number of aromatic nitrogens is 1. The SMILES string of the molecule is O=C(O)c1c(C(F)(F)F)ncc(Br)c1C(F)F. The highest BCUT2D eigenvalue weighted by molar-refractivity contribution is 9.10. The molecule has 0 unspecified atom stereocenters. The lowest BCUT2D eigenvalue weighted by Crippen LogP contribution is -2.18. The van der Waals surface area contributed by atoms with Gasteiger partial charge in [-0.2, -0.15) is 13.2 Å².